The number of aromatic nitrogens is 3. The van der Waals surface area contributed by atoms with Gasteiger partial charge in [-0.05, 0) is 44.5 Å². The molecule has 2 rings (SSSR count). The Hall–Kier alpha value is -0.810. The summed E-state index contributed by atoms with van der Waals surface area (Å²) in [4.78, 5) is 0. The van der Waals surface area contributed by atoms with Crippen molar-refractivity contribution >= 4 is 30.2 Å². The largest absolute Gasteiger partial charge is 0.391 e. The van der Waals surface area contributed by atoms with Crippen molar-refractivity contribution < 1.29 is 5.11 Å². The number of aliphatic hydroxyl groups excluding tert-OH is 1. The summed E-state index contributed by atoms with van der Waals surface area (Å²) in [6.45, 7) is 5.79. The molecule has 1 aromatic carbocycles. The van der Waals surface area contributed by atoms with Crippen molar-refractivity contribution in [3.63, 3.8) is 0 Å². The van der Waals surface area contributed by atoms with Crippen LogP contribution in [0.5, 0.6) is 0 Å². The van der Waals surface area contributed by atoms with Gasteiger partial charge in [0.15, 0.2) is 0 Å². The van der Waals surface area contributed by atoms with Gasteiger partial charge in [0.25, 0.3) is 0 Å². The first-order chi connectivity index (χ1) is 9.80. The smallest absolute Gasteiger partial charge is 0.201 e. The van der Waals surface area contributed by atoms with Gasteiger partial charge >= 0.3 is 0 Å². The van der Waals surface area contributed by atoms with Gasteiger partial charge in [0.05, 0.1) is 12.1 Å². The highest BCUT2D eigenvalue weighted by Gasteiger charge is 2.22. The highest BCUT2D eigenvalue weighted by molar-refractivity contribution is 8.13. The molecule has 21 heavy (non-hydrogen) atoms. The molecule has 2 atom stereocenters. The molecule has 0 spiro atoms. The third-order valence-corrected chi connectivity index (χ3v) is 5.73. The zero-order chi connectivity index (χ0) is 15.6. The highest BCUT2D eigenvalue weighted by Crippen LogP contribution is 2.38. The van der Waals surface area contributed by atoms with E-state index in [1.165, 1.54) is 0 Å². The lowest BCUT2D eigenvalue weighted by Gasteiger charge is -2.21. The zero-order valence-corrected chi connectivity index (χ0v) is 14.9. The number of nitrogens with zero attached hydrogens (tertiary/aromatic N) is 3. The van der Waals surface area contributed by atoms with E-state index in [4.69, 9.17) is 24.0 Å². The molecule has 1 heterocycles. The SMILES string of the molecule is CC(O)C(Cc1ccccc1)n1ncn(P(C)(C)=S)c1=S. The summed E-state index contributed by atoms with van der Waals surface area (Å²) >= 11 is 11.0. The predicted molar refractivity (Wildman–Crippen MR) is 93.4 cm³/mol. The predicted octanol–water partition coefficient (Wildman–Crippen LogP) is 3.08. The van der Waals surface area contributed by atoms with Crippen LogP contribution in [0.25, 0.3) is 0 Å². The summed E-state index contributed by atoms with van der Waals surface area (Å²) in [6, 6.07) is 9.85. The maximum atomic E-state index is 10.1. The number of hydrogen-bond acceptors (Lipinski definition) is 4. The molecule has 0 aliphatic rings. The number of benzene rings is 1. The molecule has 0 bridgehead atoms. The van der Waals surface area contributed by atoms with E-state index in [2.05, 4.69) is 5.10 Å². The monoisotopic (exact) mass is 341 g/mol. The van der Waals surface area contributed by atoms with Gasteiger partial charge in [-0.3, -0.25) is 4.34 Å². The lowest BCUT2D eigenvalue weighted by Crippen LogP contribution is -2.25. The summed E-state index contributed by atoms with van der Waals surface area (Å²) in [7, 11) is 0. The van der Waals surface area contributed by atoms with Gasteiger partial charge in [-0.25, -0.2) is 4.68 Å². The summed E-state index contributed by atoms with van der Waals surface area (Å²) in [6.07, 6.45) is 0.123. The first-order valence-corrected chi connectivity index (χ1v) is 10.8. The molecule has 4 nitrogen and oxygen atoms in total. The number of aliphatic hydroxyl groups is 1. The van der Waals surface area contributed by atoms with Gasteiger partial charge in [-0.15, -0.1) is 0 Å². The quantitative estimate of drug-likeness (QED) is 0.670. The van der Waals surface area contributed by atoms with Crippen molar-refractivity contribution in [1.82, 2.24) is 14.1 Å². The van der Waals surface area contributed by atoms with Crippen molar-refractivity contribution in [3.05, 3.63) is 47.0 Å². The Morgan fingerprint density at radius 1 is 1.29 bits per heavy atom. The molecule has 0 amide bonds. The topological polar surface area (TPSA) is 43.0 Å². The minimum Gasteiger partial charge on any atom is -0.391 e. The van der Waals surface area contributed by atoms with Crippen LogP contribution in [0, 0.1) is 4.77 Å². The highest BCUT2D eigenvalue weighted by atomic mass is 32.4. The molecular formula is C14H20N3OPS2. The van der Waals surface area contributed by atoms with Crippen LogP contribution in [0.4, 0.5) is 0 Å². The van der Waals surface area contributed by atoms with Gasteiger partial charge < -0.3 is 5.11 Å². The second-order valence-corrected chi connectivity index (χ2v) is 11.6. The third kappa shape index (κ3) is 3.89. The zero-order valence-electron chi connectivity index (χ0n) is 12.4. The molecule has 0 aliphatic carbocycles. The van der Waals surface area contributed by atoms with Gasteiger partial charge in [0, 0.05) is 6.19 Å². The van der Waals surface area contributed by atoms with E-state index >= 15 is 0 Å². The molecule has 0 aliphatic heterocycles. The molecule has 0 saturated heterocycles. The van der Waals surface area contributed by atoms with Crippen molar-refractivity contribution in [3.8, 4) is 0 Å². The van der Waals surface area contributed by atoms with Crippen molar-refractivity contribution in [1.29, 1.82) is 0 Å². The van der Waals surface area contributed by atoms with Crippen LogP contribution in [-0.4, -0.2) is 38.7 Å². The lowest BCUT2D eigenvalue weighted by atomic mass is 10.0. The van der Waals surface area contributed by atoms with Gasteiger partial charge in [-0.1, -0.05) is 42.1 Å². The van der Waals surface area contributed by atoms with Gasteiger partial charge in [-0.2, -0.15) is 5.10 Å². The second kappa shape index (κ2) is 6.53. The van der Waals surface area contributed by atoms with Crippen LogP contribution in [0.3, 0.4) is 0 Å². The summed E-state index contributed by atoms with van der Waals surface area (Å²) in [5, 5.41) is 14.5. The lowest BCUT2D eigenvalue weighted by molar-refractivity contribution is 0.121. The molecule has 2 aromatic rings. The summed E-state index contributed by atoms with van der Waals surface area (Å²) in [5.41, 5.74) is 1.15. The normalized spacial score (nSPS) is 14.9. The molecule has 7 heteroatoms. The van der Waals surface area contributed by atoms with E-state index in [9.17, 15) is 5.11 Å². The fraction of sp³-hybridized carbons (Fsp3) is 0.429. The maximum Gasteiger partial charge on any atom is 0.201 e. The molecule has 1 N–H and O–H groups in total. The fourth-order valence-corrected chi connectivity index (χ4v) is 4.34. The van der Waals surface area contributed by atoms with E-state index in [0.717, 1.165) is 5.56 Å². The van der Waals surface area contributed by atoms with Crippen LogP contribution < -0.4 is 0 Å². The first kappa shape index (κ1) is 16.6. The van der Waals surface area contributed by atoms with Crippen LogP contribution in [0.1, 0.15) is 18.5 Å². The van der Waals surface area contributed by atoms with E-state index in [0.29, 0.717) is 11.2 Å². The molecular weight excluding hydrogens is 321 g/mol. The molecule has 1 aromatic heterocycles. The Morgan fingerprint density at radius 3 is 2.38 bits per heavy atom. The average molecular weight is 341 g/mol. The van der Waals surface area contributed by atoms with E-state index < -0.39 is 12.3 Å². The standard InChI is InChI=1S/C14H20N3OPS2/c1-11(18)13(9-12-7-5-4-6-8-12)17-14(20)16(10-15-17)19(2,3)21/h4-8,10-11,13,18H,9H2,1-3H3. The first-order valence-electron chi connectivity index (χ1n) is 6.74. The average Bonchev–Trinajstić information content (AvgIpc) is 2.78. The van der Waals surface area contributed by atoms with Crippen molar-refractivity contribution in [2.45, 2.75) is 25.5 Å². The second-order valence-electron chi connectivity index (χ2n) is 5.49. The fourth-order valence-electron chi connectivity index (χ4n) is 2.18. The van der Waals surface area contributed by atoms with Gasteiger partial charge in [0.1, 0.15) is 6.33 Å². The van der Waals surface area contributed by atoms with Crippen LogP contribution in [0.2, 0.25) is 0 Å². The minimum absolute atomic E-state index is 0.192. The number of hydrogen-bond donors (Lipinski definition) is 1. The van der Waals surface area contributed by atoms with E-state index in [1.54, 1.807) is 17.9 Å². The Balaban J connectivity index is 2.39. The summed E-state index contributed by atoms with van der Waals surface area (Å²) < 4.78 is 4.20. The van der Waals surface area contributed by atoms with Crippen LogP contribution >= 0.6 is 18.4 Å². The Kier molecular flexibility index (Phi) is 5.15. The Morgan fingerprint density at radius 2 is 1.90 bits per heavy atom. The Bertz CT molecular complexity index is 703. The van der Waals surface area contributed by atoms with E-state index in [1.807, 2.05) is 48.0 Å². The number of rotatable bonds is 5. The van der Waals surface area contributed by atoms with Crippen molar-refractivity contribution in [2.75, 3.05) is 13.3 Å². The van der Waals surface area contributed by atoms with Crippen LogP contribution in [-0.2, 0) is 18.2 Å². The van der Waals surface area contributed by atoms with Gasteiger partial charge in [0.2, 0.25) is 4.77 Å². The Labute approximate surface area is 135 Å². The molecule has 0 fully saturated rings. The minimum atomic E-state index is -1.71. The summed E-state index contributed by atoms with van der Waals surface area (Å²) in [5.74, 6) is 0. The van der Waals surface area contributed by atoms with Crippen LogP contribution in [0.15, 0.2) is 36.7 Å². The maximum absolute atomic E-state index is 10.1. The van der Waals surface area contributed by atoms with Crippen molar-refractivity contribution in [2.24, 2.45) is 0 Å². The molecule has 0 saturated carbocycles. The molecule has 0 radical (unpaired) electrons. The third-order valence-electron chi connectivity index (χ3n) is 3.35. The molecule has 114 valence electrons. The molecule has 2 unspecified atom stereocenters. The van der Waals surface area contributed by atoms with E-state index in [-0.39, 0.29) is 6.04 Å².